The van der Waals surface area contributed by atoms with E-state index in [-0.39, 0.29) is 22.8 Å². The van der Waals surface area contributed by atoms with Crippen molar-refractivity contribution in [2.45, 2.75) is 23.3 Å². The number of ether oxygens (including phenoxy) is 1. The van der Waals surface area contributed by atoms with Crippen LogP contribution in [0.4, 0.5) is 0 Å². The number of hydrogen-bond acceptors (Lipinski definition) is 4. The van der Waals surface area contributed by atoms with Crippen molar-refractivity contribution in [3.8, 4) is 11.1 Å². The lowest BCUT2D eigenvalue weighted by atomic mass is 9.99. The molecular formula is C19H25ClN2O3S. The molecule has 0 aliphatic carbocycles. The van der Waals surface area contributed by atoms with Crippen molar-refractivity contribution in [3.05, 3.63) is 54.6 Å². The maximum atomic E-state index is 12.7. The SMILES string of the molecule is COCC1(CNS(=O)(=O)c2cccc(-c3ccccc3)c2)CCCN1.Cl. The summed E-state index contributed by atoms with van der Waals surface area (Å²) >= 11 is 0. The maximum absolute atomic E-state index is 12.7. The van der Waals surface area contributed by atoms with E-state index in [9.17, 15) is 8.42 Å². The van der Waals surface area contributed by atoms with Crippen LogP contribution >= 0.6 is 12.4 Å². The highest BCUT2D eigenvalue weighted by Crippen LogP contribution is 2.23. The molecular weight excluding hydrogens is 372 g/mol. The van der Waals surface area contributed by atoms with Crippen molar-refractivity contribution in [2.75, 3.05) is 26.8 Å². The first-order valence-corrected chi connectivity index (χ1v) is 9.92. The average molecular weight is 397 g/mol. The van der Waals surface area contributed by atoms with Crippen molar-refractivity contribution in [2.24, 2.45) is 0 Å². The molecule has 1 unspecified atom stereocenters. The van der Waals surface area contributed by atoms with E-state index in [1.165, 1.54) is 0 Å². The number of sulfonamides is 1. The van der Waals surface area contributed by atoms with Crippen molar-refractivity contribution < 1.29 is 13.2 Å². The van der Waals surface area contributed by atoms with E-state index in [4.69, 9.17) is 4.74 Å². The number of halogens is 1. The minimum atomic E-state index is -3.58. The van der Waals surface area contributed by atoms with E-state index in [2.05, 4.69) is 10.0 Å². The highest BCUT2D eigenvalue weighted by Gasteiger charge is 2.34. The number of nitrogens with one attached hydrogen (secondary N) is 2. The molecule has 1 aliphatic rings. The molecule has 1 heterocycles. The van der Waals surface area contributed by atoms with E-state index in [0.717, 1.165) is 30.5 Å². The normalized spacial score (nSPS) is 19.9. The van der Waals surface area contributed by atoms with Crippen LogP contribution in [0.5, 0.6) is 0 Å². The van der Waals surface area contributed by atoms with Gasteiger partial charge in [-0.3, -0.25) is 0 Å². The largest absolute Gasteiger partial charge is 0.383 e. The second kappa shape index (κ2) is 8.97. The summed E-state index contributed by atoms with van der Waals surface area (Å²) in [6, 6.07) is 16.8. The highest BCUT2D eigenvalue weighted by molar-refractivity contribution is 7.89. The van der Waals surface area contributed by atoms with E-state index in [1.807, 2.05) is 36.4 Å². The molecule has 26 heavy (non-hydrogen) atoms. The van der Waals surface area contributed by atoms with Gasteiger partial charge in [0.1, 0.15) is 0 Å². The molecule has 142 valence electrons. The molecule has 2 N–H and O–H groups in total. The Bertz CT molecular complexity index is 807. The monoisotopic (exact) mass is 396 g/mol. The van der Waals surface area contributed by atoms with Crippen molar-refractivity contribution in [1.82, 2.24) is 10.0 Å². The molecule has 2 aromatic rings. The van der Waals surface area contributed by atoms with Gasteiger partial charge in [0.25, 0.3) is 0 Å². The molecule has 0 saturated carbocycles. The number of methoxy groups -OCH3 is 1. The minimum Gasteiger partial charge on any atom is -0.383 e. The molecule has 2 aromatic carbocycles. The van der Waals surface area contributed by atoms with E-state index in [0.29, 0.717) is 13.2 Å². The molecule has 1 saturated heterocycles. The minimum absolute atomic E-state index is 0. The van der Waals surface area contributed by atoms with Gasteiger partial charge in [-0.05, 0) is 42.6 Å². The predicted molar refractivity (Wildman–Crippen MR) is 106 cm³/mol. The Kier molecular flexibility index (Phi) is 7.20. The smallest absolute Gasteiger partial charge is 0.240 e. The van der Waals surface area contributed by atoms with Crippen molar-refractivity contribution in [3.63, 3.8) is 0 Å². The van der Waals surface area contributed by atoms with Crippen molar-refractivity contribution in [1.29, 1.82) is 0 Å². The zero-order chi connectivity index (χ0) is 17.8. The molecule has 5 nitrogen and oxygen atoms in total. The van der Waals surface area contributed by atoms with E-state index < -0.39 is 10.0 Å². The summed E-state index contributed by atoms with van der Waals surface area (Å²) < 4.78 is 33.5. The van der Waals surface area contributed by atoms with Gasteiger partial charge in [-0.25, -0.2) is 13.1 Å². The molecule has 1 fully saturated rings. The van der Waals surface area contributed by atoms with Crippen LogP contribution in [0, 0.1) is 0 Å². The summed E-state index contributed by atoms with van der Waals surface area (Å²) in [5.74, 6) is 0. The summed E-state index contributed by atoms with van der Waals surface area (Å²) in [6.45, 7) is 1.69. The van der Waals surface area contributed by atoms with Crippen LogP contribution in [0.25, 0.3) is 11.1 Å². The molecule has 3 rings (SSSR count). The molecule has 0 bridgehead atoms. The number of rotatable bonds is 7. The number of benzene rings is 2. The summed E-state index contributed by atoms with van der Waals surface area (Å²) in [6.07, 6.45) is 1.92. The summed E-state index contributed by atoms with van der Waals surface area (Å²) in [7, 11) is -1.94. The Hall–Kier alpha value is -1.44. The third-order valence-corrected chi connectivity index (χ3v) is 6.00. The Balaban J connectivity index is 0.00000243. The molecule has 7 heteroatoms. The van der Waals surface area contributed by atoms with Gasteiger partial charge < -0.3 is 10.1 Å². The standard InChI is InChI=1S/C19H24N2O3S.ClH/c1-24-15-19(11-6-12-20-19)14-21-25(22,23)18-10-5-9-17(13-18)16-7-3-2-4-8-16;/h2-5,7-10,13,20-21H,6,11-12,14-15H2,1H3;1H. The van der Waals surface area contributed by atoms with Gasteiger partial charge in [-0.2, -0.15) is 0 Å². The van der Waals surface area contributed by atoms with E-state index >= 15 is 0 Å². The fraction of sp³-hybridized carbons (Fsp3) is 0.368. The lowest BCUT2D eigenvalue weighted by molar-refractivity contribution is 0.122. The van der Waals surface area contributed by atoms with Crippen molar-refractivity contribution >= 4 is 22.4 Å². The third-order valence-electron chi connectivity index (χ3n) is 4.60. The lowest BCUT2D eigenvalue weighted by Gasteiger charge is -2.28. The Morgan fingerprint density at radius 2 is 1.85 bits per heavy atom. The molecule has 1 aliphatic heterocycles. The first kappa shape index (κ1) is 20.9. The Morgan fingerprint density at radius 1 is 1.12 bits per heavy atom. The lowest BCUT2D eigenvalue weighted by Crippen LogP contribution is -2.52. The van der Waals surface area contributed by atoms with Gasteiger partial charge in [0.05, 0.1) is 17.0 Å². The van der Waals surface area contributed by atoms with Gasteiger partial charge >= 0.3 is 0 Å². The predicted octanol–water partition coefficient (Wildman–Crippen LogP) is 2.82. The summed E-state index contributed by atoms with van der Waals surface area (Å²) in [4.78, 5) is 0.277. The van der Waals surface area contributed by atoms with Crippen LogP contribution in [-0.4, -0.2) is 40.8 Å². The number of hydrogen-bond donors (Lipinski definition) is 2. The molecule has 0 aromatic heterocycles. The van der Waals surface area contributed by atoms with Crippen LogP contribution in [0.3, 0.4) is 0 Å². The molecule has 0 amide bonds. The molecule has 0 radical (unpaired) electrons. The van der Waals surface area contributed by atoms with Crippen LogP contribution in [0.2, 0.25) is 0 Å². The molecule has 1 atom stereocenters. The van der Waals surface area contributed by atoms with Gasteiger partial charge in [0, 0.05) is 13.7 Å². The maximum Gasteiger partial charge on any atom is 0.240 e. The fourth-order valence-electron chi connectivity index (χ4n) is 3.26. The zero-order valence-corrected chi connectivity index (χ0v) is 16.4. The topological polar surface area (TPSA) is 67.4 Å². The van der Waals surface area contributed by atoms with Crippen LogP contribution in [0.1, 0.15) is 12.8 Å². The van der Waals surface area contributed by atoms with Gasteiger partial charge in [-0.15, -0.1) is 12.4 Å². The Labute approximate surface area is 161 Å². The average Bonchev–Trinajstić information content (AvgIpc) is 3.10. The second-order valence-corrected chi connectivity index (χ2v) is 8.23. The molecule has 0 spiro atoms. The zero-order valence-electron chi connectivity index (χ0n) is 14.8. The van der Waals surface area contributed by atoms with Crippen LogP contribution in [0.15, 0.2) is 59.5 Å². The van der Waals surface area contributed by atoms with E-state index in [1.54, 1.807) is 25.3 Å². The quantitative estimate of drug-likeness (QED) is 0.755. The van der Waals surface area contributed by atoms with Gasteiger partial charge in [-0.1, -0.05) is 42.5 Å². The summed E-state index contributed by atoms with van der Waals surface area (Å²) in [5.41, 5.74) is 1.56. The second-order valence-electron chi connectivity index (χ2n) is 6.46. The Morgan fingerprint density at radius 3 is 2.50 bits per heavy atom. The first-order valence-electron chi connectivity index (χ1n) is 8.44. The van der Waals surface area contributed by atoms with Crippen LogP contribution < -0.4 is 10.0 Å². The van der Waals surface area contributed by atoms with Gasteiger partial charge in [0.15, 0.2) is 0 Å². The fourth-order valence-corrected chi connectivity index (χ4v) is 4.43. The third kappa shape index (κ3) is 4.84. The van der Waals surface area contributed by atoms with Gasteiger partial charge in [0.2, 0.25) is 10.0 Å². The van der Waals surface area contributed by atoms with Crippen LogP contribution in [-0.2, 0) is 14.8 Å². The highest BCUT2D eigenvalue weighted by atomic mass is 35.5. The summed E-state index contributed by atoms with van der Waals surface area (Å²) in [5, 5.41) is 3.38. The first-order chi connectivity index (χ1) is 12.0.